The number of benzene rings is 2. The lowest BCUT2D eigenvalue weighted by molar-refractivity contribution is -0.416. The third-order valence-corrected chi connectivity index (χ3v) is 4.50. The van der Waals surface area contributed by atoms with Crippen LogP contribution in [0.25, 0.3) is 10.9 Å². The minimum atomic E-state index is -1.42. The van der Waals surface area contributed by atoms with Gasteiger partial charge >= 0.3 is 0 Å². The molecule has 1 aliphatic rings. The lowest BCUT2D eigenvalue weighted by Gasteiger charge is -2.44. The van der Waals surface area contributed by atoms with E-state index in [2.05, 4.69) is 4.98 Å². The maximum atomic E-state index is 11.6. The Bertz CT molecular complexity index is 851. The monoisotopic (exact) mass is 325 g/mol. The van der Waals surface area contributed by atoms with Crippen LogP contribution in [0.3, 0.4) is 0 Å². The van der Waals surface area contributed by atoms with Gasteiger partial charge in [-0.3, -0.25) is 0 Å². The number of aromatic amines is 1. The Labute approximate surface area is 139 Å². The van der Waals surface area contributed by atoms with Crippen molar-refractivity contribution < 1.29 is 19.3 Å². The Morgan fingerprint density at radius 3 is 2.46 bits per heavy atom. The molecule has 1 aromatic heterocycles. The molecule has 2 N–H and O–H groups in total. The molecule has 1 atom stereocenters. The third kappa shape index (κ3) is 2.21. The third-order valence-electron chi connectivity index (χ3n) is 4.50. The van der Waals surface area contributed by atoms with Crippen LogP contribution in [0.2, 0.25) is 0 Å². The zero-order valence-corrected chi connectivity index (χ0v) is 13.5. The molecule has 3 aromatic rings. The number of hydrogen-bond donors (Lipinski definition) is 2. The number of methoxy groups -OCH3 is 1. The average Bonchev–Trinajstić information content (AvgIpc) is 3.03. The number of aromatic nitrogens is 1. The molecule has 5 heteroatoms. The van der Waals surface area contributed by atoms with E-state index in [-0.39, 0.29) is 6.29 Å². The zero-order chi connectivity index (χ0) is 16.7. The first-order valence-corrected chi connectivity index (χ1v) is 7.87. The Morgan fingerprint density at radius 2 is 1.79 bits per heavy atom. The van der Waals surface area contributed by atoms with E-state index in [4.69, 9.17) is 14.2 Å². The van der Waals surface area contributed by atoms with E-state index >= 15 is 0 Å². The Kier molecular flexibility index (Phi) is 3.57. The summed E-state index contributed by atoms with van der Waals surface area (Å²) in [4.78, 5) is 3.20. The minimum Gasteiger partial charge on any atom is -0.497 e. The highest BCUT2D eigenvalue weighted by Gasteiger charge is 2.49. The van der Waals surface area contributed by atoms with Crippen molar-refractivity contribution in [3.63, 3.8) is 0 Å². The second-order valence-electron chi connectivity index (χ2n) is 5.91. The first-order chi connectivity index (χ1) is 11.6. The zero-order valence-electron chi connectivity index (χ0n) is 13.5. The maximum absolute atomic E-state index is 11.6. The quantitative estimate of drug-likeness (QED) is 0.773. The topological polar surface area (TPSA) is 63.7 Å². The fraction of sp³-hybridized carbons (Fsp3) is 0.263. The molecule has 1 saturated heterocycles. The molecule has 2 aromatic carbocycles. The van der Waals surface area contributed by atoms with Gasteiger partial charge in [0.15, 0.2) is 11.9 Å². The molecule has 1 fully saturated rings. The molecule has 1 unspecified atom stereocenters. The largest absolute Gasteiger partial charge is 0.497 e. The number of nitrogens with one attached hydrogen (secondary N) is 1. The summed E-state index contributed by atoms with van der Waals surface area (Å²) in [6, 6.07) is 15.1. The highest BCUT2D eigenvalue weighted by atomic mass is 16.9. The molecule has 5 nitrogen and oxygen atoms in total. The first-order valence-electron chi connectivity index (χ1n) is 7.87. The summed E-state index contributed by atoms with van der Waals surface area (Å²) in [5.41, 5.74) is 0.940. The summed E-state index contributed by atoms with van der Waals surface area (Å²) in [6.45, 7) is 1.81. The molecular formula is C19H19NO4. The molecule has 0 spiro atoms. The maximum Gasteiger partial charge on any atom is 0.200 e. The number of rotatable bonds is 4. The number of H-pyrrole nitrogens is 1. The van der Waals surface area contributed by atoms with Crippen molar-refractivity contribution in [2.75, 3.05) is 7.11 Å². The summed E-state index contributed by atoms with van der Waals surface area (Å²) in [5.74, 6) is 0.726. The van der Waals surface area contributed by atoms with E-state index < -0.39 is 11.9 Å². The van der Waals surface area contributed by atoms with Crippen molar-refractivity contribution in [2.45, 2.75) is 25.1 Å². The van der Waals surface area contributed by atoms with Crippen LogP contribution in [-0.4, -0.2) is 29.8 Å². The van der Waals surface area contributed by atoms with Crippen LogP contribution in [0.5, 0.6) is 5.75 Å². The molecular weight excluding hydrogens is 306 g/mol. The van der Waals surface area contributed by atoms with Gasteiger partial charge in [-0.15, -0.1) is 0 Å². The highest BCUT2D eigenvalue weighted by molar-refractivity contribution is 5.84. The predicted molar refractivity (Wildman–Crippen MR) is 89.7 cm³/mol. The van der Waals surface area contributed by atoms with Gasteiger partial charge in [-0.25, -0.2) is 0 Å². The van der Waals surface area contributed by atoms with E-state index in [9.17, 15) is 5.11 Å². The van der Waals surface area contributed by atoms with Crippen LogP contribution in [0.15, 0.2) is 54.7 Å². The second kappa shape index (κ2) is 5.63. The van der Waals surface area contributed by atoms with E-state index in [1.54, 1.807) is 14.0 Å². The molecule has 0 radical (unpaired) electrons. The summed E-state index contributed by atoms with van der Waals surface area (Å²) >= 11 is 0. The molecule has 0 amide bonds. The summed E-state index contributed by atoms with van der Waals surface area (Å²) in [5, 5.41) is 12.6. The van der Waals surface area contributed by atoms with E-state index in [1.165, 1.54) is 0 Å². The summed E-state index contributed by atoms with van der Waals surface area (Å²) in [6.07, 6.45) is 0.718. The van der Waals surface area contributed by atoms with Crippen LogP contribution in [0.1, 0.15) is 18.1 Å². The van der Waals surface area contributed by atoms with Crippen molar-refractivity contribution in [2.24, 2.45) is 0 Å². The number of aliphatic hydroxyl groups is 1. The SMILES string of the molecule is COc1ccc(C(O)(c2c[nH]c3ccccc23)C2OC(C)O2)cc1. The van der Waals surface area contributed by atoms with Gasteiger partial charge in [0.25, 0.3) is 0 Å². The Hall–Kier alpha value is -2.34. The minimum absolute atomic E-state index is 0.329. The number of fused-ring (bicyclic) bond motifs is 1. The van der Waals surface area contributed by atoms with E-state index in [1.807, 2.05) is 54.7 Å². The van der Waals surface area contributed by atoms with Crippen molar-refractivity contribution >= 4 is 10.9 Å². The van der Waals surface area contributed by atoms with Crippen LogP contribution in [0.4, 0.5) is 0 Å². The molecule has 2 heterocycles. The van der Waals surface area contributed by atoms with Gasteiger partial charge in [0, 0.05) is 22.7 Å². The van der Waals surface area contributed by atoms with Crippen molar-refractivity contribution in [3.8, 4) is 5.75 Å². The number of hydrogen-bond acceptors (Lipinski definition) is 4. The van der Waals surface area contributed by atoms with E-state index in [0.29, 0.717) is 5.56 Å². The lowest BCUT2D eigenvalue weighted by atomic mass is 9.84. The lowest BCUT2D eigenvalue weighted by Crippen LogP contribution is -2.54. The van der Waals surface area contributed by atoms with Gasteiger partial charge in [0.05, 0.1) is 7.11 Å². The van der Waals surface area contributed by atoms with Crippen LogP contribution >= 0.6 is 0 Å². The predicted octanol–water partition coefficient (Wildman–Crippen LogP) is 3.13. The fourth-order valence-electron chi connectivity index (χ4n) is 3.21. The molecule has 4 rings (SSSR count). The van der Waals surface area contributed by atoms with Gasteiger partial charge < -0.3 is 24.3 Å². The van der Waals surface area contributed by atoms with Crippen molar-refractivity contribution in [1.29, 1.82) is 0 Å². The molecule has 0 aliphatic carbocycles. The van der Waals surface area contributed by atoms with Crippen molar-refractivity contribution in [3.05, 3.63) is 65.9 Å². The second-order valence-corrected chi connectivity index (χ2v) is 5.91. The van der Waals surface area contributed by atoms with Crippen LogP contribution in [-0.2, 0) is 15.1 Å². The highest BCUT2D eigenvalue weighted by Crippen LogP contribution is 2.43. The van der Waals surface area contributed by atoms with E-state index in [0.717, 1.165) is 22.2 Å². The van der Waals surface area contributed by atoms with Gasteiger partial charge in [0.1, 0.15) is 5.75 Å². The van der Waals surface area contributed by atoms with Gasteiger partial charge in [-0.2, -0.15) is 0 Å². The number of para-hydroxylation sites is 1. The smallest absolute Gasteiger partial charge is 0.200 e. The molecule has 0 bridgehead atoms. The Balaban J connectivity index is 1.87. The van der Waals surface area contributed by atoms with Crippen LogP contribution < -0.4 is 4.74 Å². The molecule has 124 valence electrons. The molecule has 0 saturated carbocycles. The number of ether oxygens (including phenoxy) is 3. The van der Waals surface area contributed by atoms with Crippen LogP contribution in [0, 0.1) is 0 Å². The molecule has 1 aliphatic heterocycles. The van der Waals surface area contributed by atoms with Gasteiger partial charge in [-0.05, 0) is 30.7 Å². The average molecular weight is 325 g/mol. The fourth-order valence-corrected chi connectivity index (χ4v) is 3.21. The first kappa shape index (κ1) is 15.2. The van der Waals surface area contributed by atoms with Crippen molar-refractivity contribution in [1.82, 2.24) is 4.98 Å². The Morgan fingerprint density at radius 1 is 1.08 bits per heavy atom. The van der Waals surface area contributed by atoms with Gasteiger partial charge in [-0.1, -0.05) is 30.3 Å². The van der Waals surface area contributed by atoms with Gasteiger partial charge in [0.2, 0.25) is 6.29 Å². The molecule has 24 heavy (non-hydrogen) atoms. The summed E-state index contributed by atoms with van der Waals surface area (Å²) < 4.78 is 16.6. The summed E-state index contributed by atoms with van der Waals surface area (Å²) in [7, 11) is 1.61. The normalized spacial score (nSPS) is 22.8. The standard InChI is InChI=1S/C19H19NO4/c1-12-23-18(24-12)19(21,13-7-9-14(22-2)10-8-13)16-11-20-17-6-4-3-5-15(16)17/h3-12,18,20-21H,1-2H3.